The monoisotopic (exact) mass is 202 g/mol. The van der Waals surface area contributed by atoms with Gasteiger partial charge < -0.3 is 0 Å². The SMILES string of the molecule is CC.CC1C=C(c2cccnc2)N=CC1. The Morgan fingerprint density at radius 2 is 2.13 bits per heavy atom. The van der Waals surface area contributed by atoms with Gasteiger partial charge in [0.2, 0.25) is 0 Å². The third-order valence-corrected chi connectivity index (χ3v) is 2.11. The quantitative estimate of drug-likeness (QED) is 0.683. The van der Waals surface area contributed by atoms with E-state index in [-0.39, 0.29) is 0 Å². The molecule has 0 bridgehead atoms. The summed E-state index contributed by atoms with van der Waals surface area (Å²) in [6.07, 6.45) is 8.84. The summed E-state index contributed by atoms with van der Waals surface area (Å²) in [4.78, 5) is 8.42. The fourth-order valence-electron chi connectivity index (χ4n) is 1.38. The van der Waals surface area contributed by atoms with Gasteiger partial charge in [-0.1, -0.05) is 26.8 Å². The maximum absolute atomic E-state index is 4.35. The predicted octanol–water partition coefficient (Wildman–Crippen LogP) is 3.56. The van der Waals surface area contributed by atoms with Crippen LogP contribution in [0.5, 0.6) is 0 Å². The number of rotatable bonds is 1. The average Bonchev–Trinajstić information content (AvgIpc) is 2.33. The molecule has 1 aromatic heterocycles. The van der Waals surface area contributed by atoms with E-state index in [4.69, 9.17) is 0 Å². The lowest BCUT2D eigenvalue weighted by Crippen LogP contribution is -1.98. The van der Waals surface area contributed by atoms with Gasteiger partial charge in [0.25, 0.3) is 0 Å². The first-order valence-corrected chi connectivity index (χ1v) is 5.51. The van der Waals surface area contributed by atoms with Crippen LogP contribution in [0.1, 0.15) is 32.8 Å². The number of aliphatic imine (C=N–C) groups is 1. The number of nitrogens with zero attached hydrogens (tertiary/aromatic N) is 2. The first-order chi connectivity index (χ1) is 7.36. The summed E-state index contributed by atoms with van der Waals surface area (Å²) in [5, 5.41) is 0. The van der Waals surface area contributed by atoms with Gasteiger partial charge in [0.05, 0.1) is 5.70 Å². The molecule has 1 aliphatic heterocycles. The van der Waals surface area contributed by atoms with Crippen molar-refractivity contribution in [2.75, 3.05) is 0 Å². The molecular weight excluding hydrogens is 184 g/mol. The molecule has 0 spiro atoms. The van der Waals surface area contributed by atoms with Gasteiger partial charge in [0.1, 0.15) is 0 Å². The Bertz CT molecular complexity index is 339. The van der Waals surface area contributed by atoms with E-state index in [9.17, 15) is 0 Å². The van der Waals surface area contributed by atoms with E-state index in [0.29, 0.717) is 5.92 Å². The Morgan fingerprint density at radius 3 is 2.73 bits per heavy atom. The van der Waals surface area contributed by atoms with Crippen molar-refractivity contribution in [1.82, 2.24) is 4.98 Å². The van der Waals surface area contributed by atoms with Crippen LogP contribution in [0.4, 0.5) is 0 Å². The molecule has 0 saturated heterocycles. The standard InChI is InChI=1S/C11H12N2.C2H6/c1-9-4-6-13-11(7-9)10-3-2-5-12-8-10;1-2/h2-3,5-9H,4H2,1H3;1-2H3. The van der Waals surface area contributed by atoms with E-state index in [0.717, 1.165) is 17.7 Å². The van der Waals surface area contributed by atoms with Gasteiger partial charge in [-0.25, -0.2) is 0 Å². The van der Waals surface area contributed by atoms with Crippen LogP contribution in [0.3, 0.4) is 0 Å². The molecule has 1 aromatic rings. The molecular formula is C13H18N2. The number of hydrogen-bond donors (Lipinski definition) is 0. The Balaban J connectivity index is 0.000000531. The number of hydrogen-bond acceptors (Lipinski definition) is 2. The van der Waals surface area contributed by atoms with Crippen molar-refractivity contribution >= 4 is 11.9 Å². The molecule has 80 valence electrons. The number of aromatic nitrogens is 1. The van der Waals surface area contributed by atoms with E-state index in [1.165, 1.54) is 0 Å². The van der Waals surface area contributed by atoms with Crippen LogP contribution in [0, 0.1) is 5.92 Å². The van der Waals surface area contributed by atoms with Gasteiger partial charge in [-0.3, -0.25) is 9.98 Å². The van der Waals surface area contributed by atoms with Crippen LogP contribution < -0.4 is 0 Å². The maximum Gasteiger partial charge on any atom is 0.0676 e. The second kappa shape index (κ2) is 6.12. The van der Waals surface area contributed by atoms with Gasteiger partial charge in [-0.15, -0.1) is 0 Å². The second-order valence-electron chi connectivity index (χ2n) is 3.32. The first kappa shape index (κ1) is 11.6. The Labute approximate surface area is 91.8 Å². The summed E-state index contributed by atoms with van der Waals surface area (Å²) < 4.78 is 0. The summed E-state index contributed by atoms with van der Waals surface area (Å²) >= 11 is 0. The lowest BCUT2D eigenvalue weighted by molar-refractivity contribution is 0.769. The summed E-state index contributed by atoms with van der Waals surface area (Å²) in [7, 11) is 0. The minimum absolute atomic E-state index is 0.590. The highest BCUT2D eigenvalue weighted by atomic mass is 14.8. The van der Waals surface area contributed by atoms with E-state index in [2.05, 4.69) is 23.0 Å². The molecule has 0 aromatic carbocycles. The zero-order valence-corrected chi connectivity index (χ0v) is 9.64. The van der Waals surface area contributed by atoms with Gasteiger partial charge in [-0.2, -0.15) is 0 Å². The van der Waals surface area contributed by atoms with Crippen molar-refractivity contribution in [3.63, 3.8) is 0 Å². The highest BCUT2D eigenvalue weighted by Crippen LogP contribution is 2.21. The Kier molecular flexibility index (Phi) is 4.75. The van der Waals surface area contributed by atoms with Crippen LogP contribution in [0.15, 0.2) is 35.6 Å². The third kappa shape index (κ3) is 3.31. The van der Waals surface area contributed by atoms with Crippen LogP contribution in [0.25, 0.3) is 5.70 Å². The Hall–Kier alpha value is -1.44. The Morgan fingerprint density at radius 1 is 1.33 bits per heavy atom. The van der Waals surface area contributed by atoms with Gasteiger partial charge in [0.15, 0.2) is 0 Å². The number of allylic oxidation sites excluding steroid dienone is 1. The lowest BCUT2D eigenvalue weighted by Gasteiger charge is -2.10. The minimum atomic E-state index is 0.590. The fraction of sp³-hybridized carbons (Fsp3) is 0.385. The molecule has 0 saturated carbocycles. The van der Waals surface area contributed by atoms with Crippen molar-refractivity contribution in [2.24, 2.45) is 10.9 Å². The molecule has 0 N–H and O–H groups in total. The summed E-state index contributed by atoms with van der Waals surface area (Å²) in [5.41, 5.74) is 2.15. The lowest BCUT2D eigenvalue weighted by atomic mass is 10.0. The van der Waals surface area contributed by atoms with Crippen molar-refractivity contribution < 1.29 is 0 Å². The van der Waals surface area contributed by atoms with Crippen LogP contribution in [-0.2, 0) is 0 Å². The van der Waals surface area contributed by atoms with Gasteiger partial charge in [0, 0.05) is 24.2 Å². The molecule has 0 radical (unpaired) electrons. The number of pyridine rings is 1. The molecule has 0 fully saturated rings. The first-order valence-electron chi connectivity index (χ1n) is 5.51. The average molecular weight is 202 g/mol. The molecule has 2 heteroatoms. The molecule has 1 unspecified atom stereocenters. The molecule has 0 amide bonds. The molecule has 2 rings (SSSR count). The molecule has 2 heterocycles. The summed E-state index contributed by atoms with van der Waals surface area (Å²) in [6, 6.07) is 3.97. The molecule has 1 atom stereocenters. The van der Waals surface area contributed by atoms with E-state index < -0.39 is 0 Å². The third-order valence-electron chi connectivity index (χ3n) is 2.11. The molecule has 1 aliphatic rings. The highest BCUT2D eigenvalue weighted by Gasteiger charge is 2.06. The zero-order valence-electron chi connectivity index (χ0n) is 9.64. The van der Waals surface area contributed by atoms with Crippen molar-refractivity contribution in [3.05, 3.63) is 36.2 Å². The maximum atomic E-state index is 4.35. The van der Waals surface area contributed by atoms with Crippen LogP contribution in [-0.4, -0.2) is 11.2 Å². The molecule has 0 aliphatic carbocycles. The van der Waals surface area contributed by atoms with Gasteiger partial charge >= 0.3 is 0 Å². The van der Waals surface area contributed by atoms with Gasteiger partial charge in [-0.05, 0) is 24.5 Å². The summed E-state index contributed by atoms with van der Waals surface area (Å²) in [5.74, 6) is 0.590. The fourth-order valence-corrected chi connectivity index (χ4v) is 1.38. The van der Waals surface area contributed by atoms with E-state index in [1.54, 1.807) is 6.20 Å². The highest BCUT2D eigenvalue weighted by molar-refractivity contribution is 5.76. The zero-order chi connectivity index (χ0) is 11.1. The van der Waals surface area contributed by atoms with Crippen molar-refractivity contribution in [3.8, 4) is 0 Å². The normalized spacial score (nSPS) is 18.9. The van der Waals surface area contributed by atoms with Crippen LogP contribution >= 0.6 is 0 Å². The topological polar surface area (TPSA) is 25.2 Å². The molecule has 2 nitrogen and oxygen atoms in total. The smallest absolute Gasteiger partial charge is 0.0676 e. The summed E-state index contributed by atoms with van der Waals surface area (Å²) in [6.45, 7) is 6.20. The predicted molar refractivity (Wildman–Crippen MR) is 65.8 cm³/mol. The van der Waals surface area contributed by atoms with E-state index in [1.807, 2.05) is 38.4 Å². The van der Waals surface area contributed by atoms with E-state index >= 15 is 0 Å². The second-order valence-corrected chi connectivity index (χ2v) is 3.32. The molecule has 15 heavy (non-hydrogen) atoms. The van der Waals surface area contributed by atoms with Crippen LogP contribution in [0.2, 0.25) is 0 Å². The minimum Gasteiger partial charge on any atom is -0.264 e. The largest absolute Gasteiger partial charge is 0.264 e. The van der Waals surface area contributed by atoms with Crippen molar-refractivity contribution in [2.45, 2.75) is 27.2 Å². The van der Waals surface area contributed by atoms with Crippen molar-refractivity contribution in [1.29, 1.82) is 0 Å².